The summed E-state index contributed by atoms with van der Waals surface area (Å²) in [6, 6.07) is 66.4. The molecule has 9 aromatic carbocycles. The molecule has 0 unspecified atom stereocenters. The third-order valence-electron chi connectivity index (χ3n) is 9.48. The molecule has 46 heavy (non-hydrogen) atoms. The first-order valence-electron chi connectivity index (χ1n) is 15.9. The van der Waals surface area contributed by atoms with Gasteiger partial charge in [0.25, 0.3) is 0 Å². The van der Waals surface area contributed by atoms with Crippen molar-refractivity contribution >= 4 is 43.1 Å². The van der Waals surface area contributed by atoms with Gasteiger partial charge >= 0.3 is 0 Å². The van der Waals surface area contributed by atoms with Crippen molar-refractivity contribution in [2.75, 3.05) is 0 Å². The fourth-order valence-electron chi connectivity index (χ4n) is 7.41. The van der Waals surface area contributed by atoms with Gasteiger partial charge in [-0.3, -0.25) is 0 Å². The predicted molar refractivity (Wildman–Crippen MR) is 198 cm³/mol. The molecule has 0 radical (unpaired) electrons. The smallest absolute Gasteiger partial charge is 0.00201 e. The SMILES string of the molecule is c1ccc(-c2ccc(-c3c4ccccc4c(-c4ccc(-c5cccc6ccccc56)cc4)c4ccccc34)c3ccccc23)cc1. The van der Waals surface area contributed by atoms with E-state index in [1.807, 2.05) is 0 Å². The van der Waals surface area contributed by atoms with Gasteiger partial charge < -0.3 is 0 Å². The summed E-state index contributed by atoms with van der Waals surface area (Å²) in [5.41, 5.74) is 10.1. The Bertz CT molecular complexity index is 2490. The number of hydrogen-bond donors (Lipinski definition) is 0. The maximum Gasteiger partial charge on any atom is -0.00201 e. The first-order chi connectivity index (χ1) is 22.8. The Labute approximate surface area is 268 Å². The van der Waals surface area contributed by atoms with E-state index in [2.05, 4.69) is 182 Å². The second-order valence-electron chi connectivity index (χ2n) is 12.0. The van der Waals surface area contributed by atoms with Gasteiger partial charge in [0.15, 0.2) is 0 Å². The largest absolute Gasteiger partial charge is 0.0622 e. The fourth-order valence-corrected chi connectivity index (χ4v) is 7.41. The van der Waals surface area contributed by atoms with E-state index in [1.165, 1.54) is 87.6 Å². The molecule has 0 heteroatoms. The highest BCUT2D eigenvalue weighted by Crippen LogP contribution is 2.46. The van der Waals surface area contributed by atoms with Crippen LogP contribution in [0.5, 0.6) is 0 Å². The van der Waals surface area contributed by atoms with E-state index in [-0.39, 0.29) is 0 Å². The minimum absolute atomic E-state index is 1.23. The van der Waals surface area contributed by atoms with Crippen LogP contribution in [0, 0.1) is 0 Å². The number of rotatable bonds is 4. The first kappa shape index (κ1) is 26.4. The van der Waals surface area contributed by atoms with Gasteiger partial charge in [-0.15, -0.1) is 0 Å². The van der Waals surface area contributed by atoms with Crippen molar-refractivity contribution in [2.24, 2.45) is 0 Å². The van der Waals surface area contributed by atoms with E-state index < -0.39 is 0 Å². The molecule has 9 rings (SSSR count). The molecule has 0 aromatic heterocycles. The number of fused-ring (bicyclic) bond motifs is 4. The van der Waals surface area contributed by atoms with Gasteiger partial charge in [-0.2, -0.15) is 0 Å². The zero-order valence-electron chi connectivity index (χ0n) is 25.3. The number of hydrogen-bond acceptors (Lipinski definition) is 0. The predicted octanol–water partition coefficient (Wildman–Crippen LogP) is 13.0. The highest BCUT2D eigenvalue weighted by atomic mass is 14.2. The molecule has 0 bridgehead atoms. The topological polar surface area (TPSA) is 0 Å². The average Bonchev–Trinajstić information content (AvgIpc) is 3.14. The summed E-state index contributed by atoms with van der Waals surface area (Å²) in [5.74, 6) is 0. The van der Waals surface area contributed by atoms with Gasteiger partial charge in [-0.05, 0) is 87.6 Å². The molecular weight excluding hydrogens is 553 g/mol. The van der Waals surface area contributed by atoms with Crippen LogP contribution >= 0.6 is 0 Å². The molecule has 0 fully saturated rings. The van der Waals surface area contributed by atoms with Gasteiger partial charge in [0, 0.05) is 0 Å². The first-order valence-corrected chi connectivity index (χ1v) is 15.9. The van der Waals surface area contributed by atoms with Gasteiger partial charge in [0.1, 0.15) is 0 Å². The maximum absolute atomic E-state index is 2.33. The molecule has 9 aromatic rings. The molecule has 0 N–H and O–H groups in total. The quantitative estimate of drug-likeness (QED) is 0.181. The van der Waals surface area contributed by atoms with Crippen LogP contribution in [-0.2, 0) is 0 Å². The molecule has 0 atom stereocenters. The summed E-state index contributed by atoms with van der Waals surface area (Å²) in [5, 5.41) is 10.2. The maximum atomic E-state index is 2.33. The van der Waals surface area contributed by atoms with E-state index in [4.69, 9.17) is 0 Å². The molecule has 0 saturated carbocycles. The Morgan fingerprint density at radius 2 is 0.609 bits per heavy atom. The van der Waals surface area contributed by atoms with Crippen LogP contribution in [0.15, 0.2) is 182 Å². The van der Waals surface area contributed by atoms with Gasteiger partial charge in [-0.1, -0.05) is 182 Å². The van der Waals surface area contributed by atoms with Crippen molar-refractivity contribution in [1.29, 1.82) is 0 Å². The lowest BCUT2D eigenvalue weighted by molar-refractivity contribution is 1.63. The molecule has 214 valence electrons. The Kier molecular flexibility index (Phi) is 6.25. The molecule has 0 heterocycles. The summed E-state index contributed by atoms with van der Waals surface area (Å²) in [6.07, 6.45) is 0. The van der Waals surface area contributed by atoms with Gasteiger partial charge in [0.05, 0.1) is 0 Å². The van der Waals surface area contributed by atoms with Crippen LogP contribution < -0.4 is 0 Å². The highest BCUT2D eigenvalue weighted by molar-refractivity contribution is 6.24. The monoisotopic (exact) mass is 582 g/mol. The van der Waals surface area contributed by atoms with E-state index in [1.54, 1.807) is 0 Å². The van der Waals surface area contributed by atoms with Gasteiger partial charge in [0.2, 0.25) is 0 Å². The third kappa shape index (κ3) is 4.23. The molecule has 0 spiro atoms. The zero-order valence-corrected chi connectivity index (χ0v) is 25.3. The van der Waals surface area contributed by atoms with Crippen molar-refractivity contribution in [3.63, 3.8) is 0 Å². The normalized spacial score (nSPS) is 11.5. The average molecular weight is 583 g/mol. The van der Waals surface area contributed by atoms with E-state index in [9.17, 15) is 0 Å². The summed E-state index contributed by atoms with van der Waals surface area (Å²) in [4.78, 5) is 0. The molecular formula is C46H30. The fraction of sp³-hybridized carbons (Fsp3) is 0. The molecule has 0 aliphatic carbocycles. The second kappa shape index (κ2) is 10.9. The third-order valence-corrected chi connectivity index (χ3v) is 9.48. The van der Waals surface area contributed by atoms with Crippen molar-refractivity contribution in [2.45, 2.75) is 0 Å². The highest BCUT2D eigenvalue weighted by Gasteiger charge is 2.19. The van der Waals surface area contributed by atoms with E-state index in [0.29, 0.717) is 0 Å². The standard InChI is InChI=1S/C46H30/c1-2-13-31(14-3-1)37-29-30-44(39-19-7-6-18-38(37)39)46-42-22-10-8-20-40(42)45(41-21-9-11-23-43(41)46)34-27-25-33(26-28-34)36-24-12-16-32-15-4-5-17-35(32)36/h1-30H. The second-order valence-corrected chi connectivity index (χ2v) is 12.0. The molecule has 0 nitrogen and oxygen atoms in total. The molecule has 0 aliphatic rings. The van der Waals surface area contributed by atoms with Crippen molar-refractivity contribution in [3.8, 4) is 44.5 Å². The number of benzene rings is 9. The van der Waals surface area contributed by atoms with Crippen LogP contribution in [0.3, 0.4) is 0 Å². The van der Waals surface area contributed by atoms with Crippen LogP contribution in [0.2, 0.25) is 0 Å². The van der Waals surface area contributed by atoms with Crippen molar-refractivity contribution in [1.82, 2.24) is 0 Å². The van der Waals surface area contributed by atoms with Gasteiger partial charge in [-0.25, -0.2) is 0 Å². The lowest BCUT2D eigenvalue weighted by Gasteiger charge is -2.20. The van der Waals surface area contributed by atoms with Crippen LogP contribution in [0.4, 0.5) is 0 Å². The minimum Gasteiger partial charge on any atom is -0.0622 e. The van der Waals surface area contributed by atoms with Crippen LogP contribution in [0.1, 0.15) is 0 Å². The van der Waals surface area contributed by atoms with Crippen LogP contribution in [-0.4, -0.2) is 0 Å². The van der Waals surface area contributed by atoms with E-state index in [0.717, 1.165) is 0 Å². The van der Waals surface area contributed by atoms with Crippen molar-refractivity contribution < 1.29 is 0 Å². The van der Waals surface area contributed by atoms with E-state index >= 15 is 0 Å². The minimum atomic E-state index is 1.23. The summed E-state index contributed by atoms with van der Waals surface area (Å²) < 4.78 is 0. The zero-order chi connectivity index (χ0) is 30.5. The molecule has 0 amide bonds. The molecule has 0 saturated heterocycles. The lowest BCUT2D eigenvalue weighted by atomic mass is 9.83. The van der Waals surface area contributed by atoms with Crippen LogP contribution in [0.25, 0.3) is 87.6 Å². The molecule has 0 aliphatic heterocycles. The Morgan fingerprint density at radius 1 is 0.196 bits per heavy atom. The Balaban J connectivity index is 1.28. The summed E-state index contributed by atoms with van der Waals surface area (Å²) in [6.45, 7) is 0. The summed E-state index contributed by atoms with van der Waals surface area (Å²) in [7, 11) is 0. The lowest BCUT2D eigenvalue weighted by Crippen LogP contribution is -1.92. The van der Waals surface area contributed by atoms with Crippen molar-refractivity contribution in [3.05, 3.63) is 182 Å². The Morgan fingerprint density at radius 3 is 1.26 bits per heavy atom. The summed E-state index contributed by atoms with van der Waals surface area (Å²) >= 11 is 0. The Hall–Kier alpha value is -5.98.